The van der Waals surface area contributed by atoms with Crippen molar-refractivity contribution < 1.29 is 0 Å². The molecule has 16 heavy (non-hydrogen) atoms. The fraction of sp³-hybridized carbons (Fsp3) is 0.0833. The van der Waals surface area contributed by atoms with Crippen LogP contribution in [0, 0.1) is 18.3 Å². The Bertz CT molecular complexity index is 569. The maximum absolute atomic E-state index is 8.81. The topological polar surface area (TPSA) is 75.6 Å². The summed E-state index contributed by atoms with van der Waals surface area (Å²) in [5.41, 5.74) is 7.85. The van der Waals surface area contributed by atoms with Crippen LogP contribution in [0.25, 0.3) is 11.4 Å². The quantitative estimate of drug-likeness (QED) is 0.780. The monoisotopic (exact) mass is 210 g/mol. The van der Waals surface area contributed by atoms with Gasteiger partial charge in [0.25, 0.3) is 0 Å². The minimum Gasteiger partial charge on any atom is -0.384 e. The number of nitrogen functional groups attached to an aromatic ring is 1. The number of nitrogens with two attached hydrogens (primary N) is 1. The fourth-order valence-corrected chi connectivity index (χ4v) is 1.47. The summed E-state index contributed by atoms with van der Waals surface area (Å²) in [6.07, 6.45) is 0. The molecule has 0 amide bonds. The van der Waals surface area contributed by atoms with Gasteiger partial charge in [0.05, 0.1) is 0 Å². The molecule has 0 bridgehead atoms. The summed E-state index contributed by atoms with van der Waals surface area (Å²) in [7, 11) is 0. The molecular weight excluding hydrogens is 200 g/mol. The van der Waals surface area contributed by atoms with Crippen LogP contribution >= 0.6 is 0 Å². The summed E-state index contributed by atoms with van der Waals surface area (Å²) >= 11 is 0. The van der Waals surface area contributed by atoms with Gasteiger partial charge >= 0.3 is 0 Å². The number of hydrogen-bond acceptors (Lipinski definition) is 4. The Balaban J connectivity index is 2.61. The minimum absolute atomic E-state index is 0.283. The maximum Gasteiger partial charge on any atom is 0.163 e. The van der Waals surface area contributed by atoms with Crippen LogP contribution in [0.1, 0.15) is 11.3 Å². The molecule has 78 valence electrons. The number of benzene rings is 1. The van der Waals surface area contributed by atoms with E-state index in [1.54, 1.807) is 0 Å². The summed E-state index contributed by atoms with van der Waals surface area (Å²) in [4.78, 5) is 8.26. The van der Waals surface area contributed by atoms with Crippen LogP contribution in [-0.4, -0.2) is 9.97 Å². The molecule has 2 aromatic rings. The summed E-state index contributed by atoms with van der Waals surface area (Å²) in [5.74, 6) is 0.805. The Morgan fingerprint density at radius 3 is 2.69 bits per heavy atom. The summed E-state index contributed by atoms with van der Waals surface area (Å²) in [6.45, 7) is 1.97. The lowest BCUT2D eigenvalue weighted by atomic mass is 10.1. The summed E-state index contributed by atoms with van der Waals surface area (Å²) in [6, 6.07) is 11.1. The maximum atomic E-state index is 8.81. The van der Waals surface area contributed by atoms with Gasteiger partial charge in [-0.1, -0.05) is 24.3 Å². The average Bonchev–Trinajstić information content (AvgIpc) is 2.28. The van der Waals surface area contributed by atoms with Crippen molar-refractivity contribution in [2.75, 3.05) is 5.73 Å². The molecule has 1 heterocycles. The smallest absolute Gasteiger partial charge is 0.163 e. The predicted octanol–water partition coefficient (Wildman–Crippen LogP) is 1.91. The highest BCUT2D eigenvalue weighted by Gasteiger charge is 2.06. The number of aromatic nitrogens is 2. The number of aryl methyl sites for hydroxylation is 1. The molecule has 1 aromatic heterocycles. The van der Waals surface area contributed by atoms with Gasteiger partial charge in [0, 0.05) is 11.6 Å². The average molecular weight is 210 g/mol. The van der Waals surface area contributed by atoms with E-state index in [-0.39, 0.29) is 5.69 Å². The zero-order valence-corrected chi connectivity index (χ0v) is 8.81. The van der Waals surface area contributed by atoms with Crippen molar-refractivity contribution >= 4 is 5.82 Å². The molecule has 0 aliphatic heterocycles. The molecule has 0 aliphatic rings. The van der Waals surface area contributed by atoms with E-state index in [9.17, 15) is 0 Å². The first-order valence-electron chi connectivity index (χ1n) is 4.81. The number of hydrogen-bond donors (Lipinski definition) is 1. The van der Waals surface area contributed by atoms with Crippen LogP contribution < -0.4 is 5.73 Å². The van der Waals surface area contributed by atoms with E-state index < -0.39 is 0 Å². The second-order valence-electron chi connectivity index (χ2n) is 3.43. The summed E-state index contributed by atoms with van der Waals surface area (Å²) in [5, 5.41) is 8.81. The highest BCUT2D eigenvalue weighted by Crippen LogP contribution is 2.20. The Kier molecular flexibility index (Phi) is 2.52. The highest BCUT2D eigenvalue weighted by molar-refractivity contribution is 5.61. The first-order chi connectivity index (χ1) is 7.70. The Hall–Kier alpha value is -2.41. The predicted molar refractivity (Wildman–Crippen MR) is 61.3 cm³/mol. The van der Waals surface area contributed by atoms with Crippen LogP contribution in [0.5, 0.6) is 0 Å². The zero-order valence-electron chi connectivity index (χ0n) is 8.81. The summed E-state index contributed by atoms with van der Waals surface area (Å²) < 4.78 is 0. The van der Waals surface area contributed by atoms with Gasteiger partial charge in [-0.15, -0.1) is 0 Å². The standard InChI is InChI=1S/C12H10N4/c1-8-4-2-3-5-10(8)12-15-9(7-13)6-11(14)16-12/h2-6H,1H3,(H2,14,15,16). The molecule has 1 aromatic carbocycles. The molecule has 0 unspecified atom stereocenters. The van der Waals surface area contributed by atoms with Crippen molar-refractivity contribution in [1.29, 1.82) is 5.26 Å². The van der Waals surface area contributed by atoms with E-state index in [4.69, 9.17) is 11.0 Å². The lowest BCUT2D eigenvalue weighted by Gasteiger charge is -2.04. The first kappa shape index (κ1) is 10.1. The largest absolute Gasteiger partial charge is 0.384 e. The first-order valence-corrected chi connectivity index (χ1v) is 4.81. The Labute approximate surface area is 93.4 Å². The second-order valence-corrected chi connectivity index (χ2v) is 3.43. The van der Waals surface area contributed by atoms with E-state index in [0.29, 0.717) is 11.6 Å². The normalized spacial score (nSPS) is 9.75. The third kappa shape index (κ3) is 1.84. The second kappa shape index (κ2) is 3.99. The van der Waals surface area contributed by atoms with Crippen LogP contribution in [0.3, 0.4) is 0 Å². The van der Waals surface area contributed by atoms with Gasteiger partial charge in [-0.3, -0.25) is 0 Å². The third-order valence-corrected chi connectivity index (χ3v) is 2.25. The molecule has 2 N–H and O–H groups in total. The molecule has 0 radical (unpaired) electrons. The molecule has 2 rings (SSSR count). The zero-order chi connectivity index (χ0) is 11.5. The fourth-order valence-electron chi connectivity index (χ4n) is 1.47. The van der Waals surface area contributed by atoms with E-state index in [1.807, 2.05) is 37.3 Å². The molecule has 0 spiro atoms. The van der Waals surface area contributed by atoms with Gasteiger partial charge in [-0.2, -0.15) is 5.26 Å². The molecule has 0 saturated heterocycles. The molecule has 4 nitrogen and oxygen atoms in total. The van der Waals surface area contributed by atoms with E-state index in [2.05, 4.69) is 9.97 Å². The lowest BCUT2D eigenvalue weighted by molar-refractivity contribution is 1.15. The third-order valence-electron chi connectivity index (χ3n) is 2.25. The number of nitrogens with zero attached hydrogens (tertiary/aromatic N) is 3. The van der Waals surface area contributed by atoms with Gasteiger partial charge < -0.3 is 5.73 Å². The van der Waals surface area contributed by atoms with Crippen molar-refractivity contribution in [3.63, 3.8) is 0 Å². The molecule has 0 saturated carbocycles. The van der Waals surface area contributed by atoms with Crippen molar-refractivity contribution in [2.45, 2.75) is 6.92 Å². The highest BCUT2D eigenvalue weighted by atomic mass is 14.9. The minimum atomic E-state index is 0.283. The van der Waals surface area contributed by atoms with Crippen LogP contribution in [0.4, 0.5) is 5.82 Å². The van der Waals surface area contributed by atoms with E-state index in [1.165, 1.54) is 6.07 Å². The van der Waals surface area contributed by atoms with Crippen molar-refractivity contribution in [3.05, 3.63) is 41.6 Å². The number of nitriles is 1. The van der Waals surface area contributed by atoms with E-state index >= 15 is 0 Å². The number of rotatable bonds is 1. The molecule has 4 heteroatoms. The van der Waals surface area contributed by atoms with Gasteiger partial charge in [-0.25, -0.2) is 9.97 Å². The van der Waals surface area contributed by atoms with Crippen molar-refractivity contribution in [2.24, 2.45) is 0 Å². The molecular formula is C12H10N4. The van der Waals surface area contributed by atoms with Crippen molar-refractivity contribution in [1.82, 2.24) is 9.97 Å². The van der Waals surface area contributed by atoms with Crippen LogP contribution in [0.2, 0.25) is 0 Å². The molecule has 0 atom stereocenters. The van der Waals surface area contributed by atoms with Crippen LogP contribution in [-0.2, 0) is 0 Å². The van der Waals surface area contributed by atoms with Crippen LogP contribution in [0.15, 0.2) is 30.3 Å². The van der Waals surface area contributed by atoms with Gasteiger partial charge in [0.1, 0.15) is 17.6 Å². The molecule has 0 fully saturated rings. The SMILES string of the molecule is Cc1ccccc1-c1nc(N)cc(C#N)n1. The van der Waals surface area contributed by atoms with Gasteiger partial charge in [0.15, 0.2) is 5.82 Å². The van der Waals surface area contributed by atoms with Gasteiger partial charge in [0.2, 0.25) is 0 Å². The van der Waals surface area contributed by atoms with Gasteiger partial charge in [-0.05, 0) is 12.5 Å². The lowest BCUT2D eigenvalue weighted by Crippen LogP contribution is -1.99. The van der Waals surface area contributed by atoms with E-state index in [0.717, 1.165) is 11.1 Å². The van der Waals surface area contributed by atoms with Crippen molar-refractivity contribution in [3.8, 4) is 17.5 Å². The Morgan fingerprint density at radius 1 is 1.25 bits per heavy atom. The number of anilines is 1. The molecule has 0 aliphatic carbocycles. The Morgan fingerprint density at radius 2 is 2.00 bits per heavy atom.